The Morgan fingerprint density at radius 2 is 1.77 bits per heavy atom. The van der Waals surface area contributed by atoms with Crippen LogP contribution in [0.4, 0.5) is 18.9 Å². The number of hydrogen-bond donors (Lipinski definition) is 3. The lowest BCUT2D eigenvalue weighted by atomic mass is 9.92. The monoisotopic (exact) mass is 610 g/mol. The van der Waals surface area contributed by atoms with Gasteiger partial charge in [-0.1, -0.05) is 49.4 Å². The lowest BCUT2D eigenvalue weighted by Crippen LogP contribution is -2.51. The number of aliphatic hydroxyl groups is 1. The predicted molar refractivity (Wildman–Crippen MR) is 167 cm³/mol. The quantitative estimate of drug-likeness (QED) is 0.179. The second-order valence-electron chi connectivity index (χ2n) is 11.5. The predicted octanol–water partition coefficient (Wildman–Crippen LogP) is 6.50. The zero-order valence-electron chi connectivity index (χ0n) is 24.7. The maximum Gasteiger partial charge on any atom is 0.416 e. The van der Waals surface area contributed by atoms with Gasteiger partial charge in [-0.15, -0.1) is 0 Å². The Kier molecular flexibility index (Phi) is 8.83. The molecule has 10 heteroatoms. The Hall–Kier alpha value is -3.47. The standard InChI is InChI=1S/C33H37F3N4O2S/c1-5-22-19-40-20-43-39(4)28-16-23(15-26(22)30(28)40)31(42)38-27(14-21-10-7-6-8-11-21)29(41)18-37-32(2,3)24-12-9-13-25(17-24)33(34,35)36/h6-13,15-17,19,27,29,37,41H,5,14,18,20H2,1-4H3,(H,38,42)/t27-,29+/m0/s1. The minimum atomic E-state index is -4.45. The van der Waals surface area contributed by atoms with Crippen LogP contribution < -0.4 is 14.9 Å². The molecular formula is C33H37F3N4O2S. The largest absolute Gasteiger partial charge is 0.416 e. The molecule has 5 rings (SSSR count). The highest BCUT2D eigenvalue weighted by Crippen LogP contribution is 2.39. The normalized spacial score (nSPS) is 15.0. The van der Waals surface area contributed by atoms with Crippen molar-refractivity contribution in [2.75, 3.05) is 17.9 Å². The van der Waals surface area contributed by atoms with E-state index in [9.17, 15) is 23.1 Å². The van der Waals surface area contributed by atoms with Gasteiger partial charge < -0.3 is 24.6 Å². The number of hydrogen-bond acceptors (Lipinski definition) is 5. The second-order valence-corrected chi connectivity index (χ2v) is 12.6. The molecule has 0 aliphatic carbocycles. The number of anilines is 1. The van der Waals surface area contributed by atoms with Crippen molar-refractivity contribution in [3.8, 4) is 0 Å². The fourth-order valence-corrected chi connectivity index (χ4v) is 6.33. The molecule has 1 amide bonds. The molecule has 43 heavy (non-hydrogen) atoms. The van der Waals surface area contributed by atoms with Crippen molar-refractivity contribution in [1.82, 2.24) is 15.2 Å². The molecule has 3 aromatic carbocycles. The first-order chi connectivity index (χ1) is 20.4. The van der Waals surface area contributed by atoms with E-state index < -0.39 is 29.4 Å². The van der Waals surface area contributed by atoms with Crippen molar-refractivity contribution in [2.24, 2.45) is 0 Å². The summed E-state index contributed by atoms with van der Waals surface area (Å²) in [5.74, 6) is 0.509. The van der Waals surface area contributed by atoms with Crippen LogP contribution in [0.1, 0.15) is 53.4 Å². The van der Waals surface area contributed by atoms with Gasteiger partial charge in [0.1, 0.15) is 0 Å². The van der Waals surface area contributed by atoms with Gasteiger partial charge in [-0.25, -0.2) is 0 Å². The van der Waals surface area contributed by atoms with E-state index in [2.05, 4.69) is 32.6 Å². The van der Waals surface area contributed by atoms with E-state index >= 15 is 0 Å². The number of aryl methyl sites for hydroxylation is 1. The molecule has 0 fully saturated rings. The van der Waals surface area contributed by atoms with Gasteiger partial charge in [-0.2, -0.15) is 13.2 Å². The number of aliphatic hydroxyl groups excluding tert-OH is 1. The van der Waals surface area contributed by atoms with Gasteiger partial charge in [0.25, 0.3) is 5.91 Å². The number of amides is 1. The molecule has 228 valence electrons. The Balaban J connectivity index is 1.39. The van der Waals surface area contributed by atoms with Gasteiger partial charge in [0, 0.05) is 36.3 Å². The fraction of sp³-hybridized carbons (Fsp3) is 0.364. The van der Waals surface area contributed by atoms with Crippen molar-refractivity contribution < 1.29 is 23.1 Å². The van der Waals surface area contributed by atoms with Crippen LogP contribution in [0, 0.1) is 0 Å². The van der Waals surface area contributed by atoms with Gasteiger partial charge in [-0.05, 0) is 79.6 Å². The number of carbonyl (C=O) groups excluding carboxylic acids is 1. The zero-order valence-corrected chi connectivity index (χ0v) is 25.5. The summed E-state index contributed by atoms with van der Waals surface area (Å²) in [6.45, 7) is 5.69. The second kappa shape index (κ2) is 12.3. The molecule has 2 atom stereocenters. The van der Waals surface area contributed by atoms with Crippen molar-refractivity contribution in [3.05, 3.63) is 101 Å². The molecule has 0 spiro atoms. The van der Waals surface area contributed by atoms with E-state index in [1.807, 2.05) is 49.5 Å². The third kappa shape index (κ3) is 6.71. The number of rotatable bonds is 10. The van der Waals surface area contributed by atoms with E-state index in [-0.39, 0.29) is 12.5 Å². The third-order valence-electron chi connectivity index (χ3n) is 8.15. The van der Waals surface area contributed by atoms with Crippen molar-refractivity contribution in [1.29, 1.82) is 0 Å². The lowest BCUT2D eigenvalue weighted by Gasteiger charge is -2.32. The average Bonchev–Trinajstić information content (AvgIpc) is 3.36. The molecule has 1 aliphatic heterocycles. The van der Waals surface area contributed by atoms with Gasteiger partial charge in [-0.3, -0.25) is 4.79 Å². The van der Waals surface area contributed by atoms with Crippen molar-refractivity contribution in [2.45, 2.75) is 63.4 Å². The molecule has 0 radical (unpaired) electrons. The van der Waals surface area contributed by atoms with Crippen molar-refractivity contribution in [3.63, 3.8) is 0 Å². The summed E-state index contributed by atoms with van der Waals surface area (Å²) >= 11 is 1.66. The van der Waals surface area contributed by atoms with E-state index in [0.29, 0.717) is 17.5 Å². The van der Waals surface area contributed by atoms with E-state index in [4.69, 9.17) is 0 Å². The summed E-state index contributed by atoms with van der Waals surface area (Å²) < 4.78 is 44.3. The van der Waals surface area contributed by atoms with Gasteiger partial charge in [0.2, 0.25) is 0 Å². The Labute approximate surface area is 254 Å². The van der Waals surface area contributed by atoms with Crippen LogP contribution in [0.3, 0.4) is 0 Å². The summed E-state index contributed by atoms with van der Waals surface area (Å²) in [6, 6.07) is 17.9. The molecule has 0 saturated carbocycles. The molecule has 0 saturated heterocycles. The number of nitrogens with one attached hydrogen (secondary N) is 2. The highest BCUT2D eigenvalue weighted by Gasteiger charge is 2.33. The van der Waals surface area contributed by atoms with Crippen LogP contribution in [0.25, 0.3) is 10.9 Å². The van der Waals surface area contributed by atoms with Gasteiger partial charge in [0.15, 0.2) is 0 Å². The number of aromatic nitrogens is 1. The van der Waals surface area contributed by atoms with Gasteiger partial charge >= 0.3 is 6.18 Å². The molecule has 1 aliphatic rings. The third-order valence-corrected chi connectivity index (χ3v) is 9.13. The summed E-state index contributed by atoms with van der Waals surface area (Å²) in [6.07, 6.45) is -2.12. The highest BCUT2D eigenvalue weighted by molar-refractivity contribution is 7.99. The zero-order chi connectivity index (χ0) is 30.9. The smallest absolute Gasteiger partial charge is 0.390 e. The van der Waals surface area contributed by atoms with Crippen LogP contribution in [-0.4, -0.2) is 41.3 Å². The van der Waals surface area contributed by atoms with E-state index in [1.54, 1.807) is 31.9 Å². The summed E-state index contributed by atoms with van der Waals surface area (Å²) in [4.78, 5) is 13.8. The first-order valence-corrected chi connectivity index (χ1v) is 15.3. The Morgan fingerprint density at radius 3 is 2.47 bits per heavy atom. The minimum absolute atomic E-state index is 0.0491. The van der Waals surface area contributed by atoms with Crippen LogP contribution in [0.15, 0.2) is 72.9 Å². The molecule has 6 nitrogen and oxygen atoms in total. The molecule has 2 heterocycles. The van der Waals surface area contributed by atoms with Gasteiger partial charge in [0.05, 0.1) is 34.8 Å². The number of benzene rings is 3. The van der Waals surface area contributed by atoms with Crippen LogP contribution in [0.5, 0.6) is 0 Å². The Morgan fingerprint density at radius 1 is 1.05 bits per heavy atom. The summed E-state index contributed by atoms with van der Waals surface area (Å²) in [5, 5.41) is 18.7. The highest BCUT2D eigenvalue weighted by atomic mass is 32.2. The number of nitrogens with zero attached hydrogens (tertiary/aromatic N) is 2. The van der Waals surface area contributed by atoms with Crippen molar-refractivity contribution >= 4 is 34.4 Å². The molecule has 0 unspecified atom stereocenters. The number of halogens is 3. The summed E-state index contributed by atoms with van der Waals surface area (Å²) in [7, 11) is 1.99. The molecular weight excluding hydrogens is 573 g/mol. The maximum absolute atomic E-state index is 13.8. The lowest BCUT2D eigenvalue weighted by molar-refractivity contribution is -0.137. The van der Waals surface area contributed by atoms with Crippen LogP contribution >= 0.6 is 11.9 Å². The summed E-state index contributed by atoms with van der Waals surface area (Å²) in [5.41, 5.74) is 3.53. The van der Waals surface area contributed by atoms with E-state index in [0.717, 1.165) is 46.6 Å². The topological polar surface area (TPSA) is 69.5 Å². The minimum Gasteiger partial charge on any atom is -0.390 e. The number of carbonyl (C=O) groups is 1. The average molecular weight is 611 g/mol. The maximum atomic E-state index is 13.8. The molecule has 1 aromatic heterocycles. The van der Waals surface area contributed by atoms with Crippen LogP contribution in [0.2, 0.25) is 0 Å². The van der Waals surface area contributed by atoms with Crippen LogP contribution in [-0.2, 0) is 30.4 Å². The van der Waals surface area contributed by atoms with E-state index in [1.165, 1.54) is 11.6 Å². The molecule has 3 N–H and O–H groups in total. The molecule has 4 aromatic rings. The fourth-order valence-electron chi connectivity index (χ4n) is 5.55. The number of alkyl halides is 3. The SMILES string of the molecule is CCc1cn2c3c(cc(C(=O)N[C@@H](Cc4ccccc4)[C@H](O)CNC(C)(C)c4cccc(C(F)(F)F)c4)cc13)N(C)SC2. The first-order valence-electron chi connectivity index (χ1n) is 14.4. The molecule has 0 bridgehead atoms. The first kappa shape index (κ1) is 31.0. The Bertz CT molecular complexity index is 1600.